The van der Waals surface area contributed by atoms with Gasteiger partial charge in [0.15, 0.2) is 11.0 Å². The van der Waals surface area contributed by atoms with Gasteiger partial charge in [-0.05, 0) is 56.2 Å². The summed E-state index contributed by atoms with van der Waals surface area (Å²) in [5.74, 6) is 2.10. The minimum Gasteiger partial charge on any atom is -0.497 e. The molecule has 9 heteroatoms. The van der Waals surface area contributed by atoms with E-state index in [1.807, 2.05) is 49.4 Å². The van der Waals surface area contributed by atoms with Crippen LogP contribution in [-0.2, 0) is 17.0 Å². The van der Waals surface area contributed by atoms with Gasteiger partial charge in [-0.2, -0.15) is 0 Å². The van der Waals surface area contributed by atoms with Crippen LogP contribution in [0.1, 0.15) is 24.2 Å². The maximum atomic E-state index is 12.6. The van der Waals surface area contributed by atoms with Crippen LogP contribution in [0.4, 0.5) is 0 Å². The van der Waals surface area contributed by atoms with Crippen LogP contribution in [0.25, 0.3) is 17.0 Å². The normalized spacial score (nSPS) is 15.9. The molecule has 0 spiro atoms. The Morgan fingerprint density at radius 2 is 2.03 bits per heavy atom. The molecular formula is C24H25N5O3S. The first kappa shape index (κ1) is 21.7. The molecule has 1 aliphatic rings. The SMILES string of the molecule is COc1ccc(-c2nnc(SCc3cc(=O)n4c(C)cccc4n3)n2C[C@H]2CCCO2)cc1. The lowest BCUT2D eigenvalue weighted by molar-refractivity contribution is 0.0953. The Morgan fingerprint density at radius 3 is 2.79 bits per heavy atom. The number of hydrogen-bond acceptors (Lipinski definition) is 7. The van der Waals surface area contributed by atoms with Gasteiger partial charge < -0.3 is 9.47 Å². The minimum absolute atomic E-state index is 0.0755. The molecule has 4 aromatic rings. The zero-order valence-electron chi connectivity index (χ0n) is 18.6. The summed E-state index contributed by atoms with van der Waals surface area (Å²) < 4.78 is 14.9. The van der Waals surface area contributed by atoms with E-state index in [0.717, 1.165) is 47.4 Å². The molecular weight excluding hydrogens is 438 g/mol. The number of thioether (sulfide) groups is 1. The standard InChI is InChI=1S/C24H25N5O3S/c1-16-5-3-7-21-25-18(13-22(30)29(16)21)15-33-24-27-26-23(17-8-10-19(31-2)11-9-17)28(24)14-20-6-4-12-32-20/h3,5,7-11,13,20H,4,6,12,14-15H2,1-2H3/t20-/m1/s1. The molecule has 1 atom stereocenters. The predicted molar refractivity (Wildman–Crippen MR) is 127 cm³/mol. The fourth-order valence-corrected chi connectivity index (χ4v) is 4.92. The zero-order valence-corrected chi connectivity index (χ0v) is 19.4. The molecule has 0 aliphatic carbocycles. The second-order valence-corrected chi connectivity index (χ2v) is 8.96. The molecule has 0 unspecified atom stereocenters. The van der Waals surface area contributed by atoms with Crippen molar-refractivity contribution in [2.75, 3.05) is 13.7 Å². The molecule has 33 heavy (non-hydrogen) atoms. The average molecular weight is 464 g/mol. The van der Waals surface area contributed by atoms with E-state index in [4.69, 9.17) is 9.47 Å². The fraction of sp³-hybridized carbons (Fsp3) is 0.333. The van der Waals surface area contributed by atoms with Crippen molar-refractivity contribution in [2.24, 2.45) is 0 Å². The molecule has 1 saturated heterocycles. The van der Waals surface area contributed by atoms with Crippen LogP contribution in [0.3, 0.4) is 0 Å². The lowest BCUT2D eigenvalue weighted by Gasteiger charge is -2.15. The van der Waals surface area contributed by atoms with Crippen LogP contribution in [0.5, 0.6) is 5.75 Å². The molecule has 1 aliphatic heterocycles. The molecule has 170 valence electrons. The molecule has 5 rings (SSSR count). The molecule has 1 aromatic carbocycles. The first-order chi connectivity index (χ1) is 16.1. The van der Waals surface area contributed by atoms with Gasteiger partial charge in [0.25, 0.3) is 5.56 Å². The first-order valence-electron chi connectivity index (χ1n) is 10.9. The van der Waals surface area contributed by atoms with Gasteiger partial charge in [-0.3, -0.25) is 13.8 Å². The van der Waals surface area contributed by atoms with Crippen molar-refractivity contribution < 1.29 is 9.47 Å². The number of nitrogens with zero attached hydrogens (tertiary/aromatic N) is 5. The second-order valence-electron chi connectivity index (χ2n) is 8.02. The van der Waals surface area contributed by atoms with Crippen molar-refractivity contribution in [1.82, 2.24) is 24.1 Å². The lowest BCUT2D eigenvalue weighted by Crippen LogP contribution is -2.18. The maximum absolute atomic E-state index is 12.6. The number of fused-ring (bicyclic) bond motifs is 1. The largest absolute Gasteiger partial charge is 0.497 e. The summed E-state index contributed by atoms with van der Waals surface area (Å²) in [6.45, 7) is 3.37. The van der Waals surface area contributed by atoms with Crippen molar-refractivity contribution in [3.63, 3.8) is 0 Å². The monoisotopic (exact) mass is 463 g/mol. The lowest BCUT2D eigenvalue weighted by atomic mass is 10.2. The highest BCUT2D eigenvalue weighted by atomic mass is 32.2. The third kappa shape index (κ3) is 4.51. The van der Waals surface area contributed by atoms with E-state index >= 15 is 0 Å². The van der Waals surface area contributed by atoms with Gasteiger partial charge in [0, 0.05) is 29.7 Å². The molecule has 0 amide bonds. The van der Waals surface area contributed by atoms with Crippen LogP contribution in [0, 0.1) is 6.92 Å². The van der Waals surface area contributed by atoms with Crippen LogP contribution in [0.2, 0.25) is 0 Å². The van der Waals surface area contributed by atoms with Gasteiger partial charge >= 0.3 is 0 Å². The van der Waals surface area contributed by atoms with Crippen molar-refractivity contribution in [3.8, 4) is 17.1 Å². The Labute approximate surface area is 195 Å². The van der Waals surface area contributed by atoms with E-state index in [9.17, 15) is 4.79 Å². The van der Waals surface area contributed by atoms with Crippen LogP contribution in [-0.4, -0.2) is 44.0 Å². The van der Waals surface area contributed by atoms with E-state index in [1.54, 1.807) is 17.6 Å². The van der Waals surface area contributed by atoms with Crippen molar-refractivity contribution in [2.45, 2.75) is 43.3 Å². The fourth-order valence-electron chi connectivity index (χ4n) is 4.08. The number of benzene rings is 1. The number of methoxy groups -OCH3 is 1. The van der Waals surface area contributed by atoms with Gasteiger partial charge in [-0.25, -0.2) is 4.98 Å². The molecule has 4 heterocycles. The Hall–Kier alpha value is -3.17. The van der Waals surface area contributed by atoms with Crippen molar-refractivity contribution in [3.05, 3.63) is 70.3 Å². The highest BCUT2D eigenvalue weighted by molar-refractivity contribution is 7.98. The quantitative estimate of drug-likeness (QED) is 0.386. The van der Waals surface area contributed by atoms with Crippen LogP contribution >= 0.6 is 11.8 Å². The number of aryl methyl sites for hydroxylation is 1. The predicted octanol–water partition coefficient (Wildman–Crippen LogP) is 3.74. The van der Waals surface area contributed by atoms with Crippen molar-refractivity contribution >= 4 is 17.4 Å². The summed E-state index contributed by atoms with van der Waals surface area (Å²) in [6.07, 6.45) is 2.23. The molecule has 0 bridgehead atoms. The summed E-state index contributed by atoms with van der Waals surface area (Å²) in [6, 6.07) is 15.1. The van der Waals surface area contributed by atoms with E-state index in [0.29, 0.717) is 23.6 Å². The summed E-state index contributed by atoms with van der Waals surface area (Å²) in [7, 11) is 1.65. The first-order valence-corrected chi connectivity index (χ1v) is 11.9. The number of ether oxygens (including phenoxy) is 2. The molecule has 8 nitrogen and oxygen atoms in total. The van der Waals surface area contributed by atoms with Gasteiger partial charge in [0.2, 0.25) is 0 Å². The molecule has 0 radical (unpaired) electrons. The third-order valence-corrected chi connectivity index (χ3v) is 6.76. The molecule has 0 saturated carbocycles. The van der Waals surface area contributed by atoms with E-state index in [-0.39, 0.29) is 11.7 Å². The summed E-state index contributed by atoms with van der Waals surface area (Å²) in [5, 5.41) is 9.73. The maximum Gasteiger partial charge on any atom is 0.258 e. The topological polar surface area (TPSA) is 83.5 Å². The number of hydrogen-bond donors (Lipinski definition) is 0. The summed E-state index contributed by atoms with van der Waals surface area (Å²) in [4.78, 5) is 17.3. The molecule has 0 N–H and O–H groups in total. The smallest absolute Gasteiger partial charge is 0.258 e. The summed E-state index contributed by atoms with van der Waals surface area (Å²) in [5.41, 5.74) is 3.12. The highest BCUT2D eigenvalue weighted by Crippen LogP contribution is 2.29. The molecule has 3 aromatic heterocycles. The van der Waals surface area contributed by atoms with Gasteiger partial charge in [0.1, 0.15) is 11.4 Å². The Kier molecular flexibility index (Phi) is 6.15. The van der Waals surface area contributed by atoms with Crippen molar-refractivity contribution in [1.29, 1.82) is 0 Å². The zero-order chi connectivity index (χ0) is 22.8. The number of aromatic nitrogens is 5. The van der Waals surface area contributed by atoms with Crippen LogP contribution in [0.15, 0.2) is 58.5 Å². The van der Waals surface area contributed by atoms with Crippen LogP contribution < -0.4 is 10.3 Å². The summed E-state index contributed by atoms with van der Waals surface area (Å²) >= 11 is 1.53. The van der Waals surface area contributed by atoms with Gasteiger partial charge in [0.05, 0.1) is 25.5 Å². The van der Waals surface area contributed by atoms with E-state index in [2.05, 4.69) is 19.7 Å². The Morgan fingerprint density at radius 1 is 1.18 bits per heavy atom. The Bertz CT molecular complexity index is 1330. The highest BCUT2D eigenvalue weighted by Gasteiger charge is 2.22. The van der Waals surface area contributed by atoms with Gasteiger partial charge in [-0.1, -0.05) is 17.8 Å². The van der Waals surface area contributed by atoms with Gasteiger partial charge in [-0.15, -0.1) is 10.2 Å². The average Bonchev–Trinajstić information content (AvgIpc) is 3.48. The molecule has 1 fully saturated rings. The number of rotatable bonds is 7. The van der Waals surface area contributed by atoms with E-state index in [1.165, 1.54) is 11.8 Å². The number of pyridine rings is 1. The third-order valence-electron chi connectivity index (χ3n) is 5.76. The Balaban J connectivity index is 1.44. The second kappa shape index (κ2) is 9.36. The minimum atomic E-state index is -0.0755. The van der Waals surface area contributed by atoms with E-state index < -0.39 is 0 Å².